The predicted octanol–water partition coefficient (Wildman–Crippen LogP) is 7.78. The Balaban J connectivity index is 1.23. The number of rotatable bonds is 8. The minimum absolute atomic E-state index is 0.00982. The Bertz CT molecular complexity index is 1920. The lowest BCUT2D eigenvalue weighted by Gasteiger charge is -2.71. The highest BCUT2D eigenvalue weighted by atomic mass is 32.2. The van der Waals surface area contributed by atoms with Crippen molar-refractivity contribution in [2.45, 2.75) is 88.2 Å². The van der Waals surface area contributed by atoms with E-state index in [2.05, 4.69) is 32.1 Å². The summed E-state index contributed by atoms with van der Waals surface area (Å²) in [7, 11) is -3.88. The molecular formula is C39H45NO5S3. The summed E-state index contributed by atoms with van der Waals surface area (Å²) in [4.78, 5) is 16.5. The molecule has 3 saturated carbocycles. The van der Waals surface area contributed by atoms with Crippen molar-refractivity contribution in [2.24, 2.45) is 33.5 Å². The maximum absolute atomic E-state index is 14.7. The molecular weight excluding hydrogens is 659 g/mol. The molecule has 2 N–H and O–H groups in total. The predicted molar refractivity (Wildman–Crippen MR) is 190 cm³/mol. The van der Waals surface area contributed by atoms with Crippen LogP contribution in [-0.4, -0.2) is 47.0 Å². The fraction of sp³-hybridized carbons (Fsp3) is 0.513. The number of sulfonamides is 1. The molecule has 2 heterocycles. The summed E-state index contributed by atoms with van der Waals surface area (Å²) >= 11 is 2.73. The van der Waals surface area contributed by atoms with Crippen molar-refractivity contribution in [1.29, 1.82) is 0 Å². The standard InChI is InChI=1S/C39H45NO5S3/c1-26-11-12-30(47-26)34(42)29-23-37-19-20-39(29)31(35(37,2)16-13-28(41)22-37)14-17-36(3)32(39)15-18-38(36,43)25-40(24-27-8-5-4-6-9-27)48(44,45)33-10-7-21-46-33/h4-12,19-21,23,28,31-32,41,43H,13-18,22,24-25H2,1-3H3/t28?,31-,32-,35-,36+,37+,38-,39-/m1/s1. The Morgan fingerprint density at radius 2 is 1.67 bits per heavy atom. The molecule has 6 aliphatic carbocycles. The summed E-state index contributed by atoms with van der Waals surface area (Å²) in [5.41, 5.74) is -1.33. The van der Waals surface area contributed by atoms with E-state index < -0.39 is 38.0 Å². The number of carbonyl (C=O) groups is 1. The summed E-state index contributed by atoms with van der Waals surface area (Å²) in [6.45, 7) is 6.74. The van der Waals surface area contributed by atoms with Crippen LogP contribution in [-0.2, 0) is 16.6 Å². The zero-order valence-electron chi connectivity index (χ0n) is 27.9. The Labute approximate surface area is 292 Å². The van der Waals surface area contributed by atoms with Gasteiger partial charge in [-0.25, -0.2) is 8.42 Å². The topological polar surface area (TPSA) is 94.9 Å². The lowest BCUT2D eigenvalue weighted by molar-refractivity contribution is -0.173. The zero-order chi connectivity index (χ0) is 33.7. The van der Waals surface area contributed by atoms with Crippen molar-refractivity contribution in [2.75, 3.05) is 6.54 Å². The number of fused-ring (bicyclic) bond motifs is 1. The molecule has 9 heteroatoms. The van der Waals surface area contributed by atoms with E-state index in [4.69, 9.17) is 0 Å². The molecule has 1 unspecified atom stereocenters. The molecule has 3 fully saturated rings. The molecule has 0 radical (unpaired) electrons. The lowest BCUT2D eigenvalue weighted by atomic mass is 9.32. The number of allylic oxidation sites excluding steroid dienone is 4. The van der Waals surface area contributed by atoms with Crippen molar-refractivity contribution < 1.29 is 23.4 Å². The molecule has 48 heavy (non-hydrogen) atoms. The van der Waals surface area contributed by atoms with Crippen molar-refractivity contribution in [1.82, 2.24) is 4.31 Å². The number of hydrogen-bond acceptors (Lipinski definition) is 7. The van der Waals surface area contributed by atoms with Crippen LogP contribution >= 0.6 is 22.7 Å². The molecule has 8 atom stereocenters. The summed E-state index contributed by atoms with van der Waals surface area (Å²) in [5.74, 6) is 0.198. The molecule has 2 bridgehead atoms. The number of ketones is 1. The number of nitrogens with zero attached hydrogens (tertiary/aromatic N) is 1. The molecule has 0 amide bonds. The van der Waals surface area contributed by atoms with Gasteiger partial charge in [0.25, 0.3) is 10.0 Å². The molecule has 3 aromatic rings. The second-order valence-electron chi connectivity index (χ2n) is 15.7. The van der Waals surface area contributed by atoms with Gasteiger partial charge in [0.1, 0.15) is 4.21 Å². The van der Waals surface area contributed by atoms with E-state index in [-0.39, 0.29) is 40.3 Å². The highest BCUT2D eigenvalue weighted by Crippen LogP contribution is 2.78. The van der Waals surface area contributed by atoms with Crippen LogP contribution in [0.3, 0.4) is 0 Å². The van der Waals surface area contributed by atoms with Crippen LogP contribution in [0.2, 0.25) is 0 Å². The van der Waals surface area contributed by atoms with Crippen molar-refractivity contribution in [3.8, 4) is 0 Å². The van der Waals surface area contributed by atoms with E-state index in [1.165, 1.54) is 27.0 Å². The van der Waals surface area contributed by atoms with E-state index >= 15 is 0 Å². The van der Waals surface area contributed by atoms with Gasteiger partial charge < -0.3 is 10.2 Å². The van der Waals surface area contributed by atoms with Gasteiger partial charge in [-0.15, -0.1) is 22.7 Å². The number of Topliss-reactive ketones (excluding diaryl/α,β-unsaturated/α-hetero) is 1. The van der Waals surface area contributed by atoms with E-state index in [1.54, 1.807) is 17.5 Å². The van der Waals surface area contributed by atoms with Gasteiger partial charge in [-0.1, -0.05) is 68.5 Å². The molecule has 1 aromatic carbocycles. The first-order chi connectivity index (χ1) is 22.8. The summed E-state index contributed by atoms with van der Waals surface area (Å²) in [5, 5.41) is 25.7. The molecule has 0 aliphatic heterocycles. The Hall–Kier alpha value is -2.40. The molecule has 0 saturated heterocycles. The van der Waals surface area contributed by atoms with Crippen LogP contribution in [0.4, 0.5) is 0 Å². The monoisotopic (exact) mass is 703 g/mol. The van der Waals surface area contributed by atoms with Crippen LogP contribution in [0.25, 0.3) is 0 Å². The first kappa shape index (κ1) is 32.8. The van der Waals surface area contributed by atoms with Crippen LogP contribution in [0.1, 0.15) is 78.9 Å². The summed E-state index contributed by atoms with van der Waals surface area (Å²) in [6.07, 6.45) is 11.5. The van der Waals surface area contributed by atoms with Crippen molar-refractivity contribution in [3.63, 3.8) is 0 Å². The average Bonchev–Trinajstić information content (AvgIpc) is 3.81. The Kier molecular flexibility index (Phi) is 7.55. The third-order valence-corrected chi connectivity index (χ3v) is 17.8. The first-order valence-corrected chi connectivity index (χ1v) is 20.4. The van der Waals surface area contributed by atoms with Gasteiger partial charge in [-0.2, -0.15) is 4.31 Å². The van der Waals surface area contributed by atoms with Gasteiger partial charge in [-0.3, -0.25) is 4.79 Å². The van der Waals surface area contributed by atoms with Crippen LogP contribution in [0.5, 0.6) is 0 Å². The molecule has 6 nitrogen and oxygen atoms in total. The third kappa shape index (κ3) is 4.43. The second kappa shape index (κ2) is 11.0. The number of hydrogen-bond donors (Lipinski definition) is 2. The van der Waals surface area contributed by atoms with Gasteiger partial charge in [0.05, 0.1) is 16.6 Å². The molecule has 6 aliphatic rings. The van der Waals surface area contributed by atoms with Gasteiger partial charge in [-0.05, 0) is 98.3 Å². The van der Waals surface area contributed by atoms with E-state index in [0.29, 0.717) is 19.3 Å². The number of aliphatic hydroxyl groups is 2. The summed E-state index contributed by atoms with van der Waals surface area (Å²) in [6, 6.07) is 17.0. The zero-order valence-corrected chi connectivity index (χ0v) is 30.3. The Morgan fingerprint density at radius 1 is 0.938 bits per heavy atom. The molecule has 2 spiro atoms. The minimum atomic E-state index is -3.88. The highest BCUT2D eigenvalue weighted by Gasteiger charge is 2.74. The van der Waals surface area contributed by atoms with Gasteiger partial charge in [0, 0.05) is 39.8 Å². The fourth-order valence-corrected chi connectivity index (χ4v) is 14.6. The van der Waals surface area contributed by atoms with E-state index in [0.717, 1.165) is 46.6 Å². The molecule has 9 rings (SSSR count). The molecule has 2 aromatic heterocycles. The van der Waals surface area contributed by atoms with Gasteiger partial charge in [0.2, 0.25) is 0 Å². The highest BCUT2D eigenvalue weighted by molar-refractivity contribution is 7.91. The number of carbonyl (C=O) groups excluding carboxylic acids is 1. The number of benzene rings is 1. The van der Waals surface area contributed by atoms with Crippen molar-refractivity contribution in [3.05, 3.63) is 99.1 Å². The fourth-order valence-electron chi connectivity index (χ4n) is 11.1. The van der Waals surface area contributed by atoms with Crippen LogP contribution in [0, 0.1) is 40.4 Å². The first-order valence-electron chi connectivity index (χ1n) is 17.3. The van der Waals surface area contributed by atoms with Crippen molar-refractivity contribution >= 4 is 38.5 Å². The second-order valence-corrected chi connectivity index (χ2v) is 20.1. The maximum atomic E-state index is 14.7. The Morgan fingerprint density at radius 3 is 2.38 bits per heavy atom. The van der Waals surface area contributed by atoms with E-state index in [1.807, 2.05) is 49.4 Å². The molecule has 254 valence electrons. The third-order valence-electron chi connectivity index (χ3n) is 13.6. The SMILES string of the molecule is Cc1ccc(C(=O)C2=C[C@@]34C=C[C@@]25[C@@H]2CC[C@@](O)(CN(Cc6ccccc6)S(=O)(=O)c6cccs6)[C@@]2(C)CC[C@@H]5[C@@]3(C)CCC(O)C4)s1. The lowest BCUT2D eigenvalue weighted by Crippen LogP contribution is -2.67. The van der Waals surface area contributed by atoms with E-state index in [9.17, 15) is 23.4 Å². The van der Waals surface area contributed by atoms with Gasteiger partial charge >= 0.3 is 0 Å². The maximum Gasteiger partial charge on any atom is 0.252 e. The average molecular weight is 704 g/mol. The smallest absolute Gasteiger partial charge is 0.252 e. The largest absolute Gasteiger partial charge is 0.393 e. The normalized spacial score (nSPS) is 38.4. The quantitative estimate of drug-likeness (QED) is 0.185. The number of aryl methyl sites for hydroxylation is 1. The minimum Gasteiger partial charge on any atom is -0.393 e. The number of thiophene rings is 2. The summed E-state index contributed by atoms with van der Waals surface area (Å²) < 4.78 is 30.2. The van der Waals surface area contributed by atoms with Crippen LogP contribution < -0.4 is 0 Å². The van der Waals surface area contributed by atoms with Crippen LogP contribution in [0.15, 0.2) is 88.0 Å². The van der Waals surface area contributed by atoms with Gasteiger partial charge in [0.15, 0.2) is 5.78 Å². The number of aliphatic hydroxyl groups excluding tert-OH is 1.